The lowest BCUT2D eigenvalue weighted by molar-refractivity contribution is -0.140. The van der Waals surface area contributed by atoms with Gasteiger partial charge in [-0.25, -0.2) is 13.9 Å². The number of rotatable bonds is 8. The minimum absolute atomic E-state index is 0.0139. The number of hydrogen-bond acceptors (Lipinski definition) is 5. The first-order chi connectivity index (χ1) is 22.4. The molecular weight excluding hydrogens is 620 g/mol. The van der Waals surface area contributed by atoms with Crippen LogP contribution in [0.25, 0.3) is 11.8 Å². The molecule has 2 unspecified atom stereocenters. The Kier molecular flexibility index (Phi) is 8.31. The number of halogens is 4. The Hall–Kier alpha value is -5.46. The Morgan fingerprint density at radius 2 is 1.74 bits per heavy atom. The van der Waals surface area contributed by atoms with Gasteiger partial charge in [0, 0.05) is 23.8 Å². The number of carboxylic acids is 1. The van der Waals surface area contributed by atoms with Crippen molar-refractivity contribution in [1.29, 1.82) is 0 Å². The first-order valence-corrected chi connectivity index (χ1v) is 14.7. The predicted octanol–water partition coefficient (Wildman–Crippen LogP) is 6.21. The highest BCUT2D eigenvalue weighted by Gasteiger charge is 2.54. The Morgan fingerprint density at radius 1 is 1.00 bits per heavy atom. The molecule has 1 heterocycles. The average molecular weight is 649 g/mol. The summed E-state index contributed by atoms with van der Waals surface area (Å²) in [6.45, 7) is 0. The van der Waals surface area contributed by atoms with Crippen LogP contribution >= 0.6 is 0 Å². The summed E-state index contributed by atoms with van der Waals surface area (Å²) in [6.07, 6.45) is -0.326. The van der Waals surface area contributed by atoms with E-state index in [2.05, 4.69) is 15.7 Å². The topological polar surface area (TPSA) is 123 Å². The normalized spacial score (nSPS) is 21.1. The van der Waals surface area contributed by atoms with E-state index in [-0.39, 0.29) is 34.5 Å². The van der Waals surface area contributed by atoms with Crippen LogP contribution in [0.4, 0.5) is 23.2 Å². The number of carbonyl (C=O) groups excluding carboxylic acids is 2. The summed E-state index contributed by atoms with van der Waals surface area (Å²) >= 11 is 0. The van der Waals surface area contributed by atoms with Gasteiger partial charge in [0.25, 0.3) is 5.91 Å². The van der Waals surface area contributed by atoms with Crippen molar-refractivity contribution in [1.82, 2.24) is 15.1 Å². The van der Waals surface area contributed by atoms with Gasteiger partial charge in [-0.05, 0) is 60.7 Å². The fraction of sp³-hybridized carbons (Fsp3) is 0.235. The molecule has 2 saturated carbocycles. The van der Waals surface area contributed by atoms with E-state index in [4.69, 9.17) is 4.74 Å². The van der Waals surface area contributed by atoms with Crippen molar-refractivity contribution in [2.45, 2.75) is 25.1 Å². The second-order valence-corrected chi connectivity index (χ2v) is 11.4. The maximum atomic E-state index is 13.9. The predicted molar refractivity (Wildman–Crippen MR) is 162 cm³/mol. The second-order valence-electron chi connectivity index (χ2n) is 11.4. The maximum Gasteiger partial charge on any atom is 0.419 e. The lowest BCUT2D eigenvalue weighted by Crippen LogP contribution is -2.48. The van der Waals surface area contributed by atoms with Crippen LogP contribution in [-0.4, -0.2) is 45.8 Å². The van der Waals surface area contributed by atoms with E-state index in [9.17, 15) is 37.1 Å². The lowest BCUT2D eigenvalue weighted by Gasteiger charge is -2.30. The summed E-state index contributed by atoms with van der Waals surface area (Å²) in [6, 6.07) is 16.9. The van der Waals surface area contributed by atoms with Crippen molar-refractivity contribution in [2.75, 3.05) is 12.4 Å². The number of anilines is 1. The van der Waals surface area contributed by atoms with E-state index in [0.717, 1.165) is 17.2 Å². The number of benzene rings is 3. The Bertz CT molecular complexity index is 1890. The molecule has 3 aromatic carbocycles. The standard InChI is InChI=1S/C34H28F4N4O5/c1-47-32-25(17-42(41-32)21-9-5-8-19(15-21)33(45)46)30(43)40-29-23-12-11-22(24(23)14-18-6-3-2-4-7-18)28(29)31(44)39-20-10-13-27(35)26(16-20)34(36,37)38/h2-10,13-17,22-23,28-29H,11-12H2,1H3,(H,39,44)(H,40,43)(H,45,46)/b24-14-/t22?,23?,28-,29+/m0/s1. The molecule has 2 bridgehead atoms. The number of fused-ring (bicyclic) bond motifs is 2. The number of aromatic carboxylic acids is 1. The number of nitrogens with one attached hydrogen (secondary N) is 2. The van der Waals surface area contributed by atoms with E-state index < -0.39 is 47.3 Å². The van der Waals surface area contributed by atoms with Crippen molar-refractivity contribution in [2.24, 2.45) is 17.8 Å². The van der Waals surface area contributed by atoms with Crippen molar-refractivity contribution in [3.63, 3.8) is 0 Å². The van der Waals surface area contributed by atoms with Crippen LogP contribution < -0.4 is 15.4 Å². The molecule has 3 N–H and O–H groups in total. The Balaban J connectivity index is 1.33. The van der Waals surface area contributed by atoms with Crippen LogP contribution in [0, 0.1) is 23.6 Å². The molecule has 2 amide bonds. The molecule has 1 aromatic heterocycles. The van der Waals surface area contributed by atoms with Gasteiger partial charge in [0.1, 0.15) is 11.4 Å². The van der Waals surface area contributed by atoms with Gasteiger partial charge in [-0.1, -0.05) is 48.0 Å². The van der Waals surface area contributed by atoms with Gasteiger partial charge in [-0.3, -0.25) is 9.59 Å². The Labute approximate surface area is 265 Å². The van der Waals surface area contributed by atoms with Gasteiger partial charge in [0.2, 0.25) is 11.8 Å². The average Bonchev–Trinajstić information content (AvgIpc) is 3.73. The zero-order chi connectivity index (χ0) is 33.5. The smallest absolute Gasteiger partial charge is 0.419 e. The number of amides is 2. The van der Waals surface area contributed by atoms with Crippen molar-refractivity contribution < 1.29 is 41.8 Å². The molecule has 0 spiro atoms. The van der Waals surface area contributed by atoms with Crippen LogP contribution in [-0.2, 0) is 11.0 Å². The fourth-order valence-corrected chi connectivity index (χ4v) is 6.59. The largest absolute Gasteiger partial charge is 0.479 e. The molecule has 0 radical (unpaired) electrons. The Morgan fingerprint density at radius 3 is 2.45 bits per heavy atom. The molecule has 4 atom stereocenters. The molecule has 2 aliphatic carbocycles. The van der Waals surface area contributed by atoms with E-state index in [1.165, 1.54) is 36.2 Å². The van der Waals surface area contributed by atoms with E-state index in [1.54, 1.807) is 6.07 Å². The van der Waals surface area contributed by atoms with Crippen LogP contribution in [0.5, 0.6) is 5.88 Å². The van der Waals surface area contributed by atoms with Crippen LogP contribution in [0.3, 0.4) is 0 Å². The van der Waals surface area contributed by atoms with E-state index >= 15 is 0 Å². The molecule has 47 heavy (non-hydrogen) atoms. The van der Waals surface area contributed by atoms with Gasteiger partial charge >= 0.3 is 12.1 Å². The summed E-state index contributed by atoms with van der Waals surface area (Å²) in [5.41, 5.74) is 0.505. The van der Waals surface area contributed by atoms with E-state index in [0.29, 0.717) is 30.7 Å². The van der Waals surface area contributed by atoms with Crippen molar-refractivity contribution >= 4 is 29.5 Å². The number of nitrogens with zero attached hydrogens (tertiary/aromatic N) is 2. The third-order valence-corrected chi connectivity index (χ3v) is 8.65. The van der Waals surface area contributed by atoms with Gasteiger partial charge in [0.05, 0.1) is 29.8 Å². The summed E-state index contributed by atoms with van der Waals surface area (Å²) in [4.78, 5) is 39.1. The minimum Gasteiger partial charge on any atom is -0.479 e. The number of carboxylic acid groups (broad SMARTS) is 1. The van der Waals surface area contributed by atoms with Gasteiger partial charge < -0.3 is 20.5 Å². The highest BCUT2D eigenvalue weighted by Crippen LogP contribution is 2.53. The molecule has 9 nitrogen and oxygen atoms in total. The van der Waals surface area contributed by atoms with Crippen molar-refractivity contribution in [3.8, 4) is 11.6 Å². The molecule has 242 valence electrons. The third-order valence-electron chi connectivity index (χ3n) is 8.65. The number of hydrogen-bond donors (Lipinski definition) is 3. The molecule has 0 aliphatic heterocycles. The second kappa shape index (κ2) is 12.4. The number of aromatic nitrogens is 2. The minimum atomic E-state index is -4.96. The SMILES string of the molecule is COc1nn(-c2cccc(C(=O)O)c2)cc1C(=O)N[C@@H]1C2CCC(/C2=C/c2ccccc2)[C@@H]1C(=O)Nc1ccc(F)c(C(F)(F)F)c1. The van der Waals surface area contributed by atoms with Gasteiger partial charge in [-0.15, -0.1) is 5.10 Å². The summed E-state index contributed by atoms with van der Waals surface area (Å²) in [5.74, 6) is -5.31. The molecule has 2 aliphatic rings. The zero-order valence-corrected chi connectivity index (χ0v) is 24.8. The maximum absolute atomic E-state index is 13.9. The molecule has 0 saturated heterocycles. The first-order valence-electron chi connectivity index (χ1n) is 14.7. The molecule has 2 fully saturated rings. The number of methoxy groups -OCH3 is 1. The van der Waals surface area contributed by atoms with Crippen LogP contribution in [0.2, 0.25) is 0 Å². The van der Waals surface area contributed by atoms with Gasteiger partial charge in [-0.2, -0.15) is 13.2 Å². The summed E-state index contributed by atoms with van der Waals surface area (Å²) in [7, 11) is 1.32. The van der Waals surface area contributed by atoms with Crippen LogP contribution in [0.1, 0.15) is 44.7 Å². The third kappa shape index (κ3) is 6.20. The highest BCUT2D eigenvalue weighted by atomic mass is 19.4. The summed E-state index contributed by atoms with van der Waals surface area (Å²) in [5, 5.41) is 19.2. The summed E-state index contributed by atoms with van der Waals surface area (Å²) < 4.78 is 60.8. The fourth-order valence-electron chi connectivity index (χ4n) is 6.59. The van der Waals surface area contributed by atoms with Crippen molar-refractivity contribution in [3.05, 3.63) is 113 Å². The van der Waals surface area contributed by atoms with E-state index in [1.807, 2.05) is 36.4 Å². The number of ether oxygens (including phenoxy) is 1. The first kappa shape index (κ1) is 31.5. The molecule has 4 aromatic rings. The van der Waals surface area contributed by atoms with Gasteiger partial charge in [0.15, 0.2) is 0 Å². The number of carbonyl (C=O) groups is 3. The quantitative estimate of drug-likeness (QED) is 0.195. The molecular formula is C34H28F4N4O5. The van der Waals surface area contributed by atoms with Crippen LogP contribution in [0.15, 0.2) is 84.6 Å². The lowest BCUT2D eigenvalue weighted by atomic mass is 9.83. The number of alkyl halides is 3. The molecule has 13 heteroatoms. The zero-order valence-electron chi connectivity index (χ0n) is 24.8. The highest BCUT2D eigenvalue weighted by molar-refractivity contribution is 5.99. The monoisotopic (exact) mass is 648 g/mol. The molecule has 6 rings (SSSR count).